The van der Waals surface area contributed by atoms with E-state index in [9.17, 15) is 19.1 Å². The van der Waals surface area contributed by atoms with Crippen LogP contribution in [0.25, 0.3) is 0 Å². The molecule has 0 unspecified atom stereocenters. The number of aryl methyl sites for hydroxylation is 1. The van der Waals surface area contributed by atoms with Crippen molar-refractivity contribution in [1.82, 2.24) is 4.90 Å². The number of hydrogen-bond donors (Lipinski definition) is 1. The van der Waals surface area contributed by atoms with E-state index in [1.807, 2.05) is 0 Å². The van der Waals surface area contributed by atoms with Crippen molar-refractivity contribution in [2.45, 2.75) is 51.5 Å². The number of carbonyl (C=O) groups is 2. The first-order valence-corrected chi connectivity index (χ1v) is 8.76. The number of aliphatic carboxylic acids is 1. The van der Waals surface area contributed by atoms with E-state index in [1.165, 1.54) is 6.07 Å². The number of carbonyl (C=O) groups excluding carboxylic acids is 1. The van der Waals surface area contributed by atoms with Crippen LogP contribution in [0.3, 0.4) is 0 Å². The zero-order valence-corrected chi connectivity index (χ0v) is 14.0. The number of carboxylic acids is 1. The van der Waals surface area contributed by atoms with Crippen LogP contribution in [0.4, 0.5) is 4.39 Å². The van der Waals surface area contributed by atoms with Crippen LogP contribution in [0.15, 0.2) is 18.2 Å². The third-order valence-electron chi connectivity index (χ3n) is 5.49. The molecule has 0 radical (unpaired) electrons. The van der Waals surface area contributed by atoms with Crippen LogP contribution >= 0.6 is 0 Å². The molecule has 1 amide bonds. The monoisotopic (exact) mass is 333 g/mol. The molecule has 1 N–H and O–H groups in total. The van der Waals surface area contributed by atoms with Crippen LogP contribution in [-0.4, -0.2) is 28.4 Å². The van der Waals surface area contributed by atoms with Crippen LogP contribution < -0.4 is 0 Å². The van der Waals surface area contributed by atoms with E-state index in [1.54, 1.807) is 24.0 Å². The van der Waals surface area contributed by atoms with Gasteiger partial charge in [0.25, 0.3) is 0 Å². The van der Waals surface area contributed by atoms with Gasteiger partial charge in [0.1, 0.15) is 5.82 Å². The van der Waals surface area contributed by atoms with Gasteiger partial charge in [0, 0.05) is 12.5 Å². The summed E-state index contributed by atoms with van der Waals surface area (Å²) in [7, 11) is 0. The van der Waals surface area contributed by atoms with Crippen molar-refractivity contribution in [3.05, 3.63) is 35.1 Å². The van der Waals surface area contributed by atoms with E-state index in [0.29, 0.717) is 18.4 Å². The van der Waals surface area contributed by atoms with E-state index in [0.717, 1.165) is 31.2 Å². The highest BCUT2D eigenvalue weighted by molar-refractivity contribution is 5.81. The Morgan fingerprint density at radius 1 is 1.12 bits per heavy atom. The van der Waals surface area contributed by atoms with Crippen molar-refractivity contribution in [3.8, 4) is 0 Å². The van der Waals surface area contributed by atoms with Crippen LogP contribution in [0.5, 0.6) is 0 Å². The van der Waals surface area contributed by atoms with Gasteiger partial charge in [0.2, 0.25) is 5.91 Å². The van der Waals surface area contributed by atoms with Gasteiger partial charge in [-0.3, -0.25) is 9.59 Å². The number of halogens is 1. The first-order chi connectivity index (χ1) is 11.5. The Kier molecular flexibility index (Phi) is 4.88. The van der Waals surface area contributed by atoms with E-state index in [4.69, 9.17) is 0 Å². The Morgan fingerprint density at radius 3 is 2.46 bits per heavy atom. The molecule has 0 bridgehead atoms. The second-order valence-electron chi connectivity index (χ2n) is 7.11. The van der Waals surface area contributed by atoms with E-state index in [-0.39, 0.29) is 30.2 Å². The fourth-order valence-corrected chi connectivity index (χ4v) is 4.05. The largest absolute Gasteiger partial charge is 0.481 e. The highest BCUT2D eigenvalue weighted by atomic mass is 19.1. The Labute approximate surface area is 141 Å². The number of benzene rings is 1. The number of nitrogens with zero attached hydrogens (tertiary/aromatic N) is 1. The summed E-state index contributed by atoms with van der Waals surface area (Å²) in [5, 5.41) is 9.35. The summed E-state index contributed by atoms with van der Waals surface area (Å²) in [6.07, 6.45) is 5.07. The molecule has 2 aliphatic rings. The van der Waals surface area contributed by atoms with Gasteiger partial charge in [-0.2, -0.15) is 0 Å². The minimum absolute atomic E-state index is 0.0154. The molecule has 130 valence electrons. The molecule has 1 aliphatic heterocycles. The van der Waals surface area contributed by atoms with Crippen LogP contribution in [0.2, 0.25) is 0 Å². The molecule has 1 saturated heterocycles. The lowest BCUT2D eigenvalue weighted by molar-refractivity contribution is -0.149. The van der Waals surface area contributed by atoms with Gasteiger partial charge < -0.3 is 10.0 Å². The third kappa shape index (κ3) is 3.30. The maximum absolute atomic E-state index is 13.6. The Bertz CT molecular complexity index is 639. The molecule has 2 fully saturated rings. The predicted octanol–water partition coefficient (Wildman–Crippen LogP) is 3.69. The average Bonchev–Trinajstić information content (AvgIpc) is 3.10. The average molecular weight is 333 g/mol. The predicted molar refractivity (Wildman–Crippen MR) is 87.9 cm³/mol. The van der Waals surface area contributed by atoms with Gasteiger partial charge in [-0.05, 0) is 49.8 Å². The zero-order valence-electron chi connectivity index (χ0n) is 14.0. The number of piperidine rings is 1. The van der Waals surface area contributed by atoms with Crippen molar-refractivity contribution in [1.29, 1.82) is 0 Å². The lowest BCUT2D eigenvalue weighted by atomic mass is 9.87. The maximum Gasteiger partial charge on any atom is 0.308 e. The third-order valence-corrected chi connectivity index (χ3v) is 5.49. The molecule has 1 heterocycles. The molecule has 0 spiro atoms. The second-order valence-corrected chi connectivity index (χ2v) is 7.11. The molecule has 4 nitrogen and oxygen atoms in total. The lowest BCUT2D eigenvalue weighted by Crippen LogP contribution is -2.46. The first kappa shape index (κ1) is 16.9. The molecule has 1 aromatic rings. The smallest absolute Gasteiger partial charge is 0.308 e. The number of hydrogen-bond acceptors (Lipinski definition) is 2. The number of carboxylic acid groups (broad SMARTS) is 1. The molecular weight excluding hydrogens is 309 g/mol. The normalized spacial score (nSPS) is 25.0. The van der Waals surface area contributed by atoms with Gasteiger partial charge in [0.15, 0.2) is 0 Å². The summed E-state index contributed by atoms with van der Waals surface area (Å²) in [6, 6.07) is 4.80. The quantitative estimate of drug-likeness (QED) is 0.918. The minimum Gasteiger partial charge on any atom is -0.481 e. The van der Waals surface area contributed by atoms with E-state index < -0.39 is 11.9 Å². The zero-order chi connectivity index (χ0) is 17.3. The van der Waals surface area contributed by atoms with Gasteiger partial charge in [-0.1, -0.05) is 25.0 Å². The van der Waals surface area contributed by atoms with Crippen molar-refractivity contribution in [2.75, 3.05) is 6.54 Å². The summed E-state index contributed by atoms with van der Waals surface area (Å²) >= 11 is 0. The minimum atomic E-state index is -0.840. The van der Waals surface area contributed by atoms with Crippen molar-refractivity contribution in [3.63, 3.8) is 0 Å². The Hall–Kier alpha value is -1.91. The number of amides is 1. The SMILES string of the molecule is Cc1cc([C@@H]2CC[C@@H](C(=O)O)CN2C(=O)C2CCCC2)ccc1F. The van der Waals surface area contributed by atoms with Crippen LogP contribution in [0.1, 0.15) is 55.7 Å². The number of rotatable bonds is 3. The van der Waals surface area contributed by atoms with Gasteiger partial charge in [-0.25, -0.2) is 4.39 Å². The fourth-order valence-electron chi connectivity index (χ4n) is 4.05. The summed E-state index contributed by atoms with van der Waals surface area (Å²) in [5.74, 6) is -1.51. The molecule has 1 saturated carbocycles. The maximum atomic E-state index is 13.6. The van der Waals surface area contributed by atoms with Crippen molar-refractivity contribution in [2.24, 2.45) is 11.8 Å². The molecule has 3 rings (SSSR count). The van der Waals surface area contributed by atoms with E-state index in [2.05, 4.69) is 0 Å². The molecule has 24 heavy (non-hydrogen) atoms. The summed E-state index contributed by atoms with van der Waals surface area (Å²) in [6.45, 7) is 1.97. The highest BCUT2D eigenvalue weighted by Gasteiger charge is 2.38. The van der Waals surface area contributed by atoms with Crippen molar-refractivity contribution < 1.29 is 19.1 Å². The first-order valence-electron chi connectivity index (χ1n) is 8.76. The summed E-state index contributed by atoms with van der Waals surface area (Å²) in [4.78, 5) is 26.1. The van der Waals surface area contributed by atoms with E-state index >= 15 is 0 Å². The molecule has 0 aromatic heterocycles. The topological polar surface area (TPSA) is 57.6 Å². The van der Waals surface area contributed by atoms with Gasteiger partial charge in [0.05, 0.1) is 12.0 Å². The van der Waals surface area contributed by atoms with Gasteiger partial charge in [-0.15, -0.1) is 0 Å². The standard InChI is InChI=1S/C19H24FNO3/c1-12-10-14(6-8-16(12)20)17-9-7-15(19(23)24)11-21(17)18(22)13-4-2-3-5-13/h6,8,10,13,15,17H,2-5,7,9,11H2,1H3,(H,23,24)/t15-,17+/m1/s1. The summed E-state index contributed by atoms with van der Waals surface area (Å²) < 4.78 is 13.6. The van der Waals surface area contributed by atoms with Crippen LogP contribution in [0, 0.1) is 24.6 Å². The summed E-state index contributed by atoms with van der Waals surface area (Å²) in [5.41, 5.74) is 1.46. The molecule has 2 atom stereocenters. The van der Waals surface area contributed by atoms with Crippen LogP contribution in [-0.2, 0) is 9.59 Å². The lowest BCUT2D eigenvalue weighted by Gasteiger charge is -2.40. The molecular formula is C19H24FNO3. The fraction of sp³-hybridized carbons (Fsp3) is 0.579. The van der Waals surface area contributed by atoms with Gasteiger partial charge >= 0.3 is 5.97 Å². The second kappa shape index (κ2) is 6.91. The highest BCUT2D eigenvalue weighted by Crippen LogP contribution is 2.37. The number of likely N-dealkylation sites (tertiary alicyclic amines) is 1. The Morgan fingerprint density at radius 2 is 1.83 bits per heavy atom. The molecule has 1 aromatic carbocycles. The molecule has 1 aliphatic carbocycles. The Balaban J connectivity index is 1.88. The molecule has 5 heteroatoms. The van der Waals surface area contributed by atoms with Crippen molar-refractivity contribution >= 4 is 11.9 Å².